The highest BCUT2D eigenvalue weighted by atomic mass is 35.5. The van der Waals surface area contributed by atoms with Crippen LogP contribution < -0.4 is 5.32 Å². The van der Waals surface area contributed by atoms with Gasteiger partial charge in [-0.2, -0.15) is 0 Å². The summed E-state index contributed by atoms with van der Waals surface area (Å²) in [5.41, 5.74) is 0.486. The second-order valence-corrected chi connectivity index (χ2v) is 7.83. The summed E-state index contributed by atoms with van der Waals surface area (Å²) in [6.45, 7) is 1.95. The van der Waals surface area contributed by atoms with Gasteiger partial charge in [-0.25, -0.2) is 4.39 Å². The van der Waals surface area contributed by atoms with E-state index in [1.165, 1.54) is 12.1 Å². The lowest BCUT2D eigenvalue weighted by atomic mass is 9.99. The molecule has 0 saturated heterocycles. The van der Waals surface area contributed by atoms with Gasteiger partial charge < -0.3 is 10.1 Å². The molecule has 1 amide bonds. The lowest BCUT2D eigenvalue weighted by Crippen LogP contribution is -2.15. The van der Waals surface area contributed by atoms with Crippen molar-refractivity contribution in [3.05, 3.63) is 50.6 Å². The van der Waals surface area contributed by atoms with Crippen molar-refractivity contribution in [2.24, 2.45) is 0 Å². The maximum Gasteiger partial charge on any atom is 0.314 e. The lowest BCUT2D eigenvalue weighted by molar-refractivity contribution is -0.144. The van der Waals surface area contributed by atoms with E-state index in [-0.39, 0.29) is 39.6 Å². The third kappa shape index (κ3) is 3.79. The second-order valence-electron chi connectivity index (χ2n) is 6.10. The van der Waals surface area contributed by atoms with E-state index >= 15 is 0 Å². The second kappa shape index (κ2) is 8.59. The molecule has 1 aromatic carbocycles. The van der Waals surface area contributed by atoms with Crippen molar-refractivity contribution in [1.29, 1.82) is 0 Å². The zero-order valence-electron chi connectivity index (χ0n) is 14.8. The number of carbonyl (C=O) groups is 3. The Labute approximate surface area is 174 Å². The summed E-state index contributed by atoms with van der Waals surface area (Å²) in [5.74, 6) is -3.13. The summed E-state index contributed by atoms with van der Waals surface area (Å²) >= 11 is 12.7. The number of anilines is 1. The number of amides is 1. The summed E-state index contributed by atoms with van der Waals surface area (Å²) in [6.07, 6.45) is 0.911. The van der Waals surface area contributed by atoms with E-state index in [4.69, 9.17) is 27.9 Å². The van der Waals surface area contributed by atoms with Gasteiger partial charge in [0.15, 0.2) is 0 Å². The highest BCUT2D eigenvalue weighted by Gasteiger charge is 2.38. The zero-order valence-corrected chi connectivity index (χ0v) is 17.1. The van der Waals surface area contributed by atoms with Crippen molar-refractivity contribution in [3.8, 4) is 0 Å². The van der Waals surface area contributed by atoms with Gasteiger partial charge >= 0.3 is 5.97 Å². The van der Waals surface area contributed by atoms with Crippen LogP contribution >= 0.6 is 34.5 Å². The molecule has 2 aromatic rings. The Morgan fingerprint density at radius 1 is 1.32 bits per heavy atom. The number of ether oxygens (including phenoxy) is 1. The number of alkyl halides is 1. The highest BCUT2D eigenvalue weighted by Crippen LogP contribution is 2.46. The number of ketones is 1. The smallest absolute Gasteiger partial charge is 0.314 e. The van der Waals surface area contributed by atoms with E-state index in [0.29, 0.717) is 23.3 Å². The molecular weight excluding hydrogens is 428 g/mol. The number of halogens is 3. The number of hydrogen-bond donors (Lipinski definition) is 1. The van der Waals surface area contributed by atoms with Crippen LogP contribution in [-0.2, 0) is 20.7 Å². The maximum absolute atomic E-state index is 14.3. The summed E-state index contributed by atoms with van der Waals surface area (Å²) in [6, 6.07) is 3.96. The van der Waals surface area contributed by atoms with Gasteiger partial charge in [-0.3, -0.25) is 14.4 Å². The highest BCUT2D eigenvalue weighted by molar-refractivity contribution is 7.17. The monoisotopic (exact) mass is 443 g/mol. The van der Waals surface area contributed by atoms with Crippen molar-refractivity contribution < 1.29 is 23.5 Å². The zero-order chi connectivity index (χ0) is 20.4. The topological polar surface area (TPSA) is 72.5 Å². The molecule has 1 aromatic heterocycles. The fourth-order valence-electron chi connectivity index (χ4n) is 3.23. The Kier molecular flexibility index (Phi) is 6.37. The molecule has 0 radical (unpaired) electrons. The van der Waals surface area contributed by atoms with Gasteiger partial charge in [0.25, 0.3) is 0 Å². The van der Waals surface area contributed by atoms with E-state index in [0.717, 1.165) is 17.4 Å². The van der Waals surface area contributed by atoms with E-state index in [2.05, 4.69) is 5.32 Å². The third-order valence-corrected chi connectivity index (χ3v) is 6.22. The molecule has 1 aliphatic rings. The minimum absolute atomic E-state index is 0.0282. The fraction of sp³-hybridized carbons (Fsp3) is 0.316. The average Bonchev–Trinajstić information content (AvgIpc) is 3.20. The van der Waals surface area contributed by atoms with Gasteiger partial charge in [-0.05, 0) is 37.5 Å². The largest absolute Gasteiger partial charge is 0.465 e. The normalized spacial score (nSPS) is 15.2. The Morgan fingerprint density at radius 2 is 2.07 bits per heavy atom. The number of fused-ring (bicyclic) bond motifs is 1. The van der Waals surface area contributed by atoms with E-state index in [1.807, 2.05) is 0 Å². The van der Waals surface area contributed by atoms with Crippen LogP contribution in [0, 0.1) is 5.82 Å². The number of nitrogens with one attached hydrogen (secondary N) is 1. The minimum atomic E-state index is -0.757. The van der Waals surface area contributed by atoms with Crippen LogP contribution in [0.15, 0.2) is 18.2 Å². The van der Waals surface area contributed by atoms with Crippen LogP contribution in [0.2, 0.25) is 5.02 Å². The molecule has 3 rings (SSSR count). The summed E-state index contributed by atoms with van der Waals surface area (Å²) < 4.78 is 19.4. The number of esters is 1. The van der Waals surface area contributed by atoms with Gasteiger partial charge in [0.05, 0.1) is 28.7 Å². The van der Waals surface area contributed by atoms with E-state index in [1.54, 1.807) is 6.92 Å². The number of benzene rings is 1. The van der Waals surface area contributed by atoms with Gasteiger partial charge in [-0.15, -0.1) is 22.9 Å². The number of carbonyl (C=O) groups excluding carboxylic acids is 3. The van der Waals surface area contributed by atoms with Gasteiger partial charge in [0, 0.05) is 4.88 Å². The van der Waals surface area contributed by atoms with Crippen molar-refractivity contribution >= 4 is 57.2 Å². The van der Waals surface area contributed by atoms with Crippen molar-refractivity contribution in [3.63, 3.8) is 0 Å². The van der Waals surface area contributed by atoms with E-state index < -0.39 is 23.4 Å². The molecule has 1 heterocycles. The van der Waals surface area contributed by atoms with Crippen LogP contribution in [0.25, 0.3) is 0 Å². The van der Waals surface area contributed by atoms with Crippen LogP contribution in [0.1, 0.15) is 45.6 Å². The molecule has 0 spiro atoms. The molecular formula is C19H16Cl2FNO4S. The summed E-state index contributed by atoms with van der Waals surface area (Å²) in [4.78, 5) is 37.9. The molecule has 9 heteroatoms. The number of rotatable bonds is 6. The maximum atomic E-state index is 14.3. The Morgan fingerprint density at radius 3 is 2.71 bits per heavy atom. The molecule has 1 aliphatic carbocycles. The molecule has 1 atom stereocenters. The van der Waals surface area contributed by atoms with Crippen molar-refractivity contribution in [2.75, 3.05) is 17.8 Å². The van der Waals surface area contributed by atoms with Crippen molar-refractivity contribution in [2.45, 2.75) is 25.7 Å². The van der Waals surface area contributed by atoms with E-state index in [9.17, 15) is 18.8 Å². The molecule has 1 unspecified atom stereocenters. The Balaban J connectivity index is 2.12. The first-order chi connectivity index (χ1) is 13.4. The van der Waals surface area contributed by atoms with Crippen LogP contribution in [0.4, 0.5) is 9.39 Å². The lowest BCUT2D eigenvalue weighted by Gasteiger charge is -2.09. The molecule has 0 saturated carbocycles. The molecule has 28 heavy (non-hydrogen) atoms. The molecule has 5 nitrogen and oxygen atoms in total. The summed E-state index contributed by atoms with van der Waals surface area (Å²) in [7, 11) is 0. The predicted molar refractivity (Wildman–Crippen MR) is 106 cm³/mol. The standard InChI is InChI=1S/C19H16Cl2FNO4S/c1-2-27-19(26)10-7-6-9-14(18(28-17(9)10)23-13(24)8-20)16(25)15-11(21)4-3-5-12(15)22/h3-5,10H,2,6-8H2,1H3,(H,23,24). The predicted octanol–water partition coefficient (Wildman–Crippen LogP) is 4.54. The molecule has 0 fully saturated rings. The quantitative estimate of drug-likeness (QED) is 0.404. The van der Waals surface area contributed by atoms with Gasteiger partial charge in [0.2, 0.25) is 11.7 Å². The number of hydrogen-bond acceptors (Lipinski definition) is 5. The van der Waals surface area contributed by atoms with Crippen molar-refractivity contribution in [1.82, 2.24) is 0 Å². The first-order valence-electron chi connectivity index (χ1n) is 8.55. The average molecular weight is 444 g/mol. The molecule has 0 aliphatic heterocycles. The molecule has 0 bridgehead atoms. The van der Waals surface area contributed by atoms with Crippen LogP contribution in [0.5, 0.6) is 0 Å². The minimum Gasteiger partial charge on any atom is -0.465 e. The first kappa shape index (κ1) is 20.8. The van der Waals surface area contributed by atoms with Crippen LogP contribution in [0.3, 0.4) is 0 Å². The SMILES string of the molecule is CCOC(=O)C1CCc2c1sc(NC(=O)CCl)c2C(=O)c1c(F)cccc1Cl. The fourth-order valence-corrected chi connectivity index (χ4v) is 4.93. The van der Waals surface area contributed by atoms with Crippen LogP contribution in [-0.4, -0.2) is 30.1 Å². The Bertz CT molecular complexity index is 939. The van der Waals surface area contributed by atoms with Gasteiger partial charge in [-0.1, -0.05) is 17.7 Å². The van der Waals surface area contributed by atoms with Gasteiger partial charge in [0.1, 0.15) is 16.7 Å². The molecule has 1 N–H and O–H groups in total. The summed E-state index contributed by atoms with van der Waals surface area (Å²) in [5, 5.41) is 2.78. The Hall–Kier alpha value is -1.96. The third-order valence-electron chi connectivity index (χ3n) is 4.40. The number of thiophene rings is 1. The molecule has 148 valence electrons. The first-order valence-corrected chi connectivity index (χ1v) is 10.3.